The van der Waals surface area contributed by atoms with Crippen LogP contribution in [0.2, 0.25) is 0 Å². The summed E-state index contributed by atoms with van der Waals surface area (Å²) in [4.78, 5) is 22.5. The van der Waals surface area contributed by atoms with Crippen LogP contribution in [0, 0.1) is 0 Å². The van der Waals surface area contributed by atoms with Crippen molar-refractivity contribution in [3.8, 4) is 11.6 Å². The van der Waals surface area contributed by atoms with Crippen LogP contribution >= 0.6 is 0 Å². The number of aromatic nitrogens is 3. The predicted octanol–water partition coefficient (Wildman–Crippen LogP) is 2.47. The summed E-state index contributed by atoms with van der Waals surface area (Å²) in [7, 11) is 2.01. The van der Waals surface area contributed by atoms with Crippen LogP contribution in [0.4, 0.5) is 0 Å². The van der Waals surface area contributed by atoms with E-state index in [1.165, 1.54) is 6.33 Å². The summed E-state index contributed by atoms with van der Waals surface area (Å²) in [6.07, 6.45) is 4.47. The zero-order chi connectivity index (χ0) is 18.8. The number of nitrogens with one attached hydrogen (secondary N) is 1. The molecule has 7 nitrogen and oxygen atoms in total. The molecule has 4 rings (SSSR count). The van der Waals surface area contributed by atoms with E-state index in [0.717, 1.165) is 41.9 Å². The van der Waals surface area contributed by atoms with E-state index in [2.05, 4.69) is 19.9 Å². The molecule has 2 aromatic heterocycles. The van der Waals surface area contributed by atoms with Crippen LogP contribution in [-0.2, 0) is 18.4 Å². The smallest absolute Gasteiger partial charge is 0.222 e. The summed E-state index contributed by atoms with van der Waals surface area (Å²) in [5, 5.41) is 4.41. The lowest BCUT2D eigenvalue weighted by Gasteiger charge is -2.27. The number of amides is 1. The Morgan fingerprint density at radius 2 is 2.22 bits per heavy atom. The average Bonchev–Trinajstić information content (AvgIpc) is 3.30. The Hall–Kier alpha value is -2.93. The zero-order valence-corrected chi connectivity index (χ0v) is 15.6. The van der Waals surface area contributed by atoms with Gasteiger partial charge in [-0.2, -0.15) is 0 Å². The average molecular weight is 365 g/mol. The third kappa shape index (κ3) is 3.78. The number of fused-ring (bicyclic) bond motifs is 1. The van der Waals surface area contributed by atoms with Gasteiger partial charge >= 0.3 is 0 Å². The molecule has 0 aliphatic carbocycles. The van der Waals surface area contributed by atoms with Gasteiger partial charge in [0.2, 0.25) is 11.8 Å². The highest BCUT2D eigenvalue weighted by Gasteiger charge is 2.24. The number of aryl methyl sites for hydroxylation is 1. The lowest BCUT2D eigenvalue weighted by Crippen LogP contribution is -2.39. The second-order valence-corrected chi connectivity index (χ2v) is 6.89. The lowest BCUT2D eigenvalue weighted by molar-refractivity contribution is -0.131. The summed E-state index contributed by atoms with van der Waals surface area (Å²) in [5.41, 5.74) is 1.91. The van der Waals surface area contributed by atoms with E-state index in [-0.39, 0.29) is 11.9 Å². The molecule has 1 saturated heterocycles. The fourth-order valence-corrected chi connectivity index (χ4v) is 3.54. The van der Waals surface area contributed by atoms with Crippen molar-refractivity contribution < 1.29 is 9.53 Å². The molecule has 1 atom stereocenters. The number of hydrogen-bond acceptors (Lipinski definition) is 5. The second-order valence-electron chi connectivity index (χ2n) is 6.89. The SMILES string of the molecule is CC(=O)N(Cc1cc(Oc2ccc3c(ccn3C)c2)ncn1)C1CCNC1. The highest BCUT2D eigenvalue weighted by molar-refractivity contribution is 5.81. The maximum absolute atomic E-state index is 12.1. The monoisotopic (exact) mass is 365 g/mol. The molecule has 0 spiro atoms. The molecule has 1 aliphatic heterocycles. The molecule has 1 fully saturated rings. The Bertz CT molecular complexity index is 962. The first-order valence-electron chi connectivity index (χ1n) is 9.12. The molecule has 3 aromatic rings. The highest BCUT2D eigenvalue weighted by atomic mass is 16.5. The molecule has 7 heteroatoms. The van der Waals surface area contributed by atoms with Crippen molar-refractivity contribution in [3.05, 3.63) is 48.5 Å². The number of rotatable bonds is 5. The molecule has 1 amide bonds. The standard InChI is InChI=1S/C20H23N5O2/c1-14(26)25(17-5-7-21-11-17)12-16-10-20(23-13-22-16)27-18-3-4-19-15(9-18)6-8-24(19)2/h3-4,6,8-10,13,17,21H,5,7,11-12H2,1-2H3. The van der Waals surface area contributed by atoms with Crippen LogP contribution < -0.4 is 10.1 Å². The minimum atomic E-state index is 0.0549. The molecule has 1 aliphatic rings. The summed E-state index contributed by atoms with van der Waals surface area (Å²) in [5.74, 6) is 1.25. The summed E-state index contributed by atoms with van der Waals surface area (Å²) in [6, 6.07) is 10.0. The maximum Gasteiger partial charge on any atom is 0.222 e. The molecule has 1 aromatic carbocycles. The van der Waals surface area contributed by atoms with Gasteiger partial charge in [-0.15, -0.1) is 0 Å². The van der Waals surface area contributed by atoms with Crippen LogP contribution in [0.1, 0.15) is 19.0 Å². The number of benzene rings is 1. The summed E-state index contributed by atoms with van der Waals surface area (Å²) < 4.78 is 7.99. The molecule has 1 unspecified atom stereocenters. The van der Waals surface area contributed by atoms with Gasteiger partial charge in [0.15, 0.2) is 0 Å². The van der Waals surface area contributed by atoms with Crippen molar-refractivity contribution in [1.29, 1.82) is 0 Å². The normalized spacial score (nSPS) is 16.6. The highest BCUT2D eigenvalue weighted by Crippen LogP contribution is 2.25. The fraction of sp³-hybridized carbons (Fsp3) is 0.350. The Morgan fingerprint density at radius 3 is 3.00 bits per heavy atom. The lowest BCUT2D eigenvalue weighted by atomic mass is 10.2. The van der Waals surface area contributed by atoms with Crippen molar-refractivity contribution in [3.63, 3.8) is 0 Å². The second kappa shape index (κ2) is 7.36. The fourth-order valence-electron chi connectivity index (χ4n) is 3.54. The Labute approximate surface area is 158 Å². The molecule has 0 bridgehead atoms. The van der Waals surface area contributed by atoms with Gasteiger partial charge in [-0.3, -0.25) is 4.79 Å². The molecular formula is C20H23N5O2. The van der Waals surface area contributed by atoms with Gasteiger partial charge in [0.1, 0.15) is 12.1 Å². The molecule has 3 heterocycles. The van der Waals surface area contributed by atoms with Crippen LogP contribution in [-0.4, -0.2) is 44.5 Å². The van der Waals surface area contributed by atoms with Gasteiger partial charge in [-0.05, 0) is 37.2 Å². The maximum atomic E-state index is 12.1. The first-order valence-corrected chi connectivity index (χ1v) is 9.12. The van der Waals surface area contributed by atoms with E-state index in [0.29, 0.717) is 12.4 Å². The van der Waals surface area contributed by atoms with Crippen LogP contribution in [0.25, 0.3) is 10.9 Å². The number of carbonyl (C=O) groups excluding carboxylic acids is 1. The van der Waals surface area contributed by atoms with Gasteiger partial charge in [-0.25, -0.2) is 9.97 Å². The van der Waals surface area contributed by atoms with E-state index in [9.17, 15) is 4.79 Å². The Balaban J connectivity index is 1.51. The van der Waals surface area contributed by atoms with Crippen LogP contribution in [0.3, 0.4) is 0 Å². The summed E-state index contributed by atoms with van der Waals surface area (Å²) >= 11 is 0. The topological polar surface area (TPSA) is 72.3 Å². The van der Waals surface area contributed by atoms with Gasteiger partial charge < -0.3 is 19.5 Å². The number of hydrogen-bond donors (Lipinski definition) is 1. The largest absolute Gasteiger partial charge is 0.439 e. The minimum Gasteiger partial charge on any atom is -0.439 e. The number of carbonyl (C=O) groups is 1. The first-order chi connectivity index (χ1) is 13.1. The zero-order valence-electron chi connectivity index (χ0n) is 15.6. The quantitative estimate of drug-likeness (QED) is 0.752. The predicted molar refractivity (Wildman–Crippen MR) is 103 cm³/mol. The number of ether oxygens (including phenoxy) is 1. The first kappa shape index (κ1) is 17.5. The van der Waals surface area contributed by atoms with E-state index >= 15 is 0 Å². The Morgan fingerprint density at radius 1 is 1.33 bits per heavy atom. The van der Waals surface area contributed by atoms with Gasteiger partial charge in [0.05, 0.1) is 12.2 Å². The minimum absolute atomic E-state index is 0.0549. The summed E-state index contributed by atoms with van der Waals surface area (Å²) in [6.45, 7) is 3.82. The van der Waals surface area contributed by atoms with Crippen LogP contribution in [0.5, 0.6) is 11.6 Å². The molecule has 27 heavy (non-hydrogen) atoms. The third-order valence-corrected chi connectivity index (χ3v) is 4.99. The van der Waals surface area contributed by atoms with E-state index < -0.39 is 0 Å². The molecule has 0 radical (unpaired) electrons. The van der Waals surface area contributed by atoms with Gasteiger partial charge in [0.25, 0.3) is 0 Å². The van der Waals surface area contributed by atoms with Crippen LogP contribution in [0.15, 0.2) is 42.9 Å². The van der Waals surface area contributed by atoms with E-state index in [1.54, 1.807) is 13.0 Å². The molecular weight excluding hydrogens is 342 g/mol. The van der Waals surface area contributed by atoms with E-state index in [1.807, 2.05) is 42.4 Å². The molecule has 1 N–H and O–H groups in total. The Kier molecular flexibility index (Phi) is 4.77. The number of nitrogens with zero attached hydrogens (tertiary/aromatic N) is 4. The van der Waals surface area contributed by atoms with Gasteiger partial charge in [0, 0.05) is 49.7 Å². The van der Waals surface area contributed by atoms with Gasteiger partial charge in [-0.1, -0.05) is 0 Å². The third-order valence-electron chi connectivity index (χ3n) is 4.99. The molecule has 0 saturated carbocycles. The van der Waals surface area contributed by atoms with Crippen molar-refractivity contribution in [2.45, 2.75) is 25.9 Å². The van der Waals surface area contributed by atoms with E-state index in [4.69, 9.17) is 4.74 Å². The molecule has 140 valence electrons. The van der Waals surface area contributed by atoms with Crippen molar-refractivity contribution in [2.75, 3.05) is 13.1 Å². The van der Waals surface area contributed by atoms with Crippen molar-refractivity contribution >= 4 is 16.8 Å². The van der Waals surface area contributed by atoms with Crippen molar-refractivity contribution in [2.24, 2.45) is 7.05 Å². The van der Waals surface area contributed by atoms with Crippen molar-refractivity contribution in [1.82, 2.24) is 24.8 Å².